The SMILES string of the molecule is CCCCCCCCCCCCCCOC(CC)NOCCCCCCCCCCCC. The second kappa shape index (κ2) is 28.9. The van der Waals surface area contributed by atoms with Crippen LogP contribution in [0.25, 0.3) is 0 Å². The summed E-state index contributed by atoms with van der Waals surface area (Å²) in [5.41, 5.74) is 3.12. The van der Waals surface area contributed by atoms with Gasteiger partial charge in [-0.05, 0) is 19.3 Å². The lowest BCUT2D eigenvalue weighted by molar-refractivity contribution is -0.0932. The van der Waals surface area contributed by atoms with Crippen LogP contribution in [0.1, 0.15) is 168 Å². The van der Waals surface area contributed by atoms with Gasteiger partial charge in [-0.15, -0.1) is 0 Å². The Morgan fingerprint density at radius 1 is 0.438 bits per heavy atom. The predicted octanol–water partition coefficient (Wildman–Crippen LogP) is 9.88. The molecule has 194 valence electrons. The number of hydroxylamine groups is 1. The van der Waals surface area contributed by atoms with E-state index in [-0.39, 0.29) is 6.23 Å². The van der Waals surface area contributed by atoms with Crippen molar-refractivity contribution in [3.05, 3.63) is 0 Å². The molecule has 0 aromatic carbocycles. The molecule has 0 spiro atoms. The van der Waals surface area contributed by atoms with E-state index in [2.05, 4.69) is 26.3 Å². The summed E-state index contributed by atoms with van der Waals surface area (Å²) in [5.74, 6) is 0. The Kier molecular flexibility index (Phi) is 28.8. The van der Waals surface area contributed by atoms with Gasteiger partial charge in [-0.1, -0.05) is 149 Å². The van der Waals surface area contributed by atoms with E-state index in [1.165, 1.54) is 135 Å². The molecule has 0 saturated carbocycles. The van der Waals surface area contributed by atoms with Crippen molar-refractivity contribution in [2.75, 3.05) is 13.2 Å². The summed E-state index contributed by atoms with van der Waals surface area (Å²) in [5, 5.41) is 0. The van der Waals surface area contributed by atoms with Gasteiger partial charge < -0.3 is 4.74 Å². The smallest absolute Gasteiger partial charge is 0.130 e. The van der Waals surface area contributed by atoms with Gasteiger partial charge >= 0.3 is 0 Å². The van der Waals surface area contributed by atoms with Gasteiger partial charge in [-0.3, -0.25) is 4.84 Å². The molecule has 0 heterocycles. The van der Waals surface area contributed by atoms with Crippen LogP contribution in [-0.2, 0) is 9.57 Å². The number of ether oxygens (including phenoxy) is 1. The van der Waals surface area contributed by atoms with Crippen LogP contribution in [0, 0.1) is 0 Å². The maximum atomic E-state index is 5.95. The van der Waals surface area contributed by atoms with Crippen molar-refractivity contribution < 1.29 is 9.57 Å². The minimum absolute atomic E-state index is 0.0471. The number of rotatable bonds is 28. The third-order valence-electron chi connectivity index (χ3n) is 6.50. The molecule has 32 heavy (non-hydrogen) atoms. The quantitative estimate of drug-likeness (QED) is 0.0723. The highest BCUT2D eigenvalue weighted by atomic mass is 16.7. The Balaban J connectivity index is 3.26. The topological polar surface area (TPSA) is 30.5 Å². The van der Waals surface area contributed by atoms with Crippen molar-refractivity contribution in [2.24, 2.45) is 0 Å². The number of hydrogen-bond donors (Lipinski definition) is 1. The van der Waals surface area contributed by atoms with Crippen LogP contribution in [0.2, 0.25) is 0 Å². The van der Waals surface area contributed by atoms with Crippen molar-refractivity contribution >= 4 is 0 Å². The molecule has 3 nitrogen and oxygen atoms in total. The van der Waals surface area contributed by atoms with E-state index in [9.17, 15) is 0 Å². The number of nitrogens with one attached hydrogen (secondary N) is 1. The lowest BCUT2D eigenvalue weighted by Crippen LogP contribution is -2.32. The van der Waals surface area contributed by atoms with Gasteiger partial charge in [0, 0.05) is 6.61 Å². The number of unbranched alkanes of at least 4 members (excludes halogenated alkanes) is 20. The Morgan fingerprint density at radius 2 is 0.781 bits per heavy atom. The Labute approximate surface area is 203 Å². The summed E-state index contributed by atoms with van der Waals surface area (Å²) in [6, 6.07) is 0. The third kappa shape index (κ3) is 26.1. The summed E-state index contributed by atoms with van der Waals surface area (Å²) in [7, 11) is 0. The fourth-order valence-corrected chi connectivity index (χ4v) is 4.22. The van der Waals surface area contributed by atoms with Crippen LogP contribution in [0.15, 0.2) is 0 Å². The highest BCUT2D eigenvalue weighted by Crippen LogP contribution is 2.12. The minimum Gasteiger partial charge on any atom is -0.361 e. The molecule has 0 aliphatic heterocycles. The van der Waals surface area contributed by atoms with Gasteiger partial charge in [-0.25, -0.2) is 0 Å². The molecule has 0 rings (SSSR count). The zero-order valence-corrected chi connectivity index (χ0v) is 22.6. The first-order valence-corrected chi connectivity index (χ1v) is 14.8. The molecule has 0 amide bonds. The molecule has 0 saturated heterocycles. The second-order valence-corrected chi connectivity index (χ2v) is 9.81. The molecule has 0 aliphatic rings. The van der Waals surface area contributed by atoms with Crippen LogP contribution in [-0.4, -0.2) is 19.4 Å². The van der Waals surface area contributed by atoms with Gasteiger partial charge in [0.1, 0.15) is 6.23 Å². The monoisotopic (exact) mass is 455 g/mol. The molecular formula is C29H61NO2. The van der Waals surface area contributed by atoms with Crippen molar-refractivity contribution in [3.8, 4) is 0 Å². The molecule has 0 radical (unpaired) electrons. The second-order valence-electron chi connectivity index (χ2n) is 9.81. The Morgan fingerprint density at radius 3 is 1.16 bits per heavy atom. The first-order chi connectivity index (χ1) is 15.8. The lowest BCUT2D eigenvalue weighted by Gasteiger charge is -2.17. The van der Waals surface area contributed by atoms with E-state index in [1.54, 1.807) is 0 Å². The molecule has 0 aliphatic carbocycles. The van der Waals surface area contributed by atoms with Crippen molar-refractivity contribution in [1.29, 1.82) is 0 Å². The zero-order chi connectivity index (χ0) is 23.4. The Bertz CT molecular complexity index is 324. The lowest BCUT2D eigenvalue weighted by atomic mass is 10.1. The first-order valence-electron chi connectivity index (χ1n) is 14.8. The average molecular weight is 456 g/mol. The summed E-state index contributed by atoms with van der Waals surface area (Å²) < 4.78 is 5.95. The molecule has 1 unspecified atom stereocenters. The maximum Gasteiger partial charge on any atom is 0.130 e. The van der Waals surface area contributed by atoms with E-state index in [4.69, 9.17) is 9.57 Å². The maximum absolute atomic E-state index is 5.95. The normalized spacial score (nSPS) is 12.5. The van der Waals surface area contributed by atoms with E-state index in [1.807, 2.05) is 0 Å². The molecular weight excluding hydrogens is 394 g/mol. The van der Waals surface area contributed by atoms with Crippen molar-refractivity contribution in [1.82, 2.24) is 5.48 Å². The summed E-state index contributed by atoms with van der Waals surface area (Å²) in [6.07, 6.45) is 31.2. The van der Waals surface area contributed by atoms with Crippen LogP contribution in [0.5, 0.6) is 0 Å². The molecule has 1 N–H and O–H groups in total. The fourth-order valence-electron chi connectivity index (χ4n) is 4.22. The summed E-state index contributed by atoms with van der Waals surface area (Å²) in [4.78, 5) is 5.65. The molecule has 0 aromatic heterocycles. The van der Waals surface area contributed by atoms with Crippen LogP contribution >= 0.6 is 0 Å². The first kappa shape index (κ1) is 31.9. The molecule has 0 aromatic rings. The van der Waals surface area contributed by atoms with Gasteiger partial charge in [0.25, 0.3) is 0 Å². The van der Waals surface area contributed by atoms with Crippen molar-refractivity contribution in [2.45, 2.75) is 175 Å². The minimum atomic E-state index is 0.0471. The molecule has 0 fully saturated rings. The molecule has 3 heteroatoms. The highest BCUT2D eigenvalue weighted by molar-refractivity contribution is 4.51. The Hall–Kier alpha value is -0.120. The van der Waals surface area contributed by atoms with Crippen LogP contribution in [0.4, 0.5) is 0 Å². The fraction of sp³-hybridized carbons (Fsp3) is 1.00. The van der Waals surface area contributed by atoms with Crippen LogP contribution in [0.3, 0.4) is 0 Å². The van der Waals surface area contributed by atoms with Gasteiger partial charge in [0.2, 0.25) is 0 Å². The van der Waals surface area contributed by atoms with E-state index >= 15 is 0 Å². The van der Waals surface area contributed by atoms with Crippen LogP contribution < -0.4 is 5.48 Å². The third-order valence-corrected chi connectivity index (χ3v) is 6.50. The number of hydrogen-bond acceptors (Lipinski definition) is 3. The largest absolute Gasteiger partial charge is 0.361 e. The highest BCUT2D eigenvalue weighted by Gasteiger charge is 2.05. The van der Waals surface area contributed by atoms with Gasteiger partial charge in [0.05, 0.1) is 6.61 Å². The van der Waals surface area contributed by atoms with Crippen molar-refractivity contribution in [3.63, 3.8) is 0 Å². The summed E-state index contributed by atoms with van der Waals surface area (Å²) in [6.45, 7) is 8.38. The molecule has 1 atom stereocenters. The van der Waals surface area contributed by atoms with Gasteiger partial charge in [-0.2, -0.15) is 5.48 Å². The molecule has 0 bridgehead atoms. The van der Waals surface area contributed by atoms with E-state index in [0.717, 1.165) is 26.1 Å². The predicted molar refractivity (Wildman–Crippen MR) is 142 cm³/mol. The van der Waals surface area contributed by atoms with E-state index < -0.39 is 0 Å². The zero-order valence-electron chi connectivity index (χ0n) is 22.6. The summed E-state index contributed by atoms with van der Waals surface area (Å²) >= 11 is 0. The average Bonchev–Trinajstić information content (AvgIpc) is 2.81. The standard InChI is InChI=1S/C29H61NO2/c1-4-7-9-11-13-15-17-18-19-21-23-25-27-31-29(6-3)30-32-28-26-24-22-20-16-14-12-10-8-5-2/h29-30H,4-28H2,1-3H3. The van der Waals surface area contributed by atoms with Gasteiger partial charge in [0.15, 0.2) is 0 Å². The van der Waals surface area contributed by atoms with E-state index in [0.29, 0.717) is 0 Å².